The van der Waals surface area contributed by atoms with E-state index in [-0.39, 0.29) is 11.0 Å². The molecule has 1 heterocycles. The van der Waals surface area contributed by atoms with Crippen molar-refractivity contribution in [2.75, 3.05) is 0 Å². The predicted molar refractivity (Wildman–Crippen MR) is 65.5 cm³/mol. The fraction of sp³-hybridized carbons (Fsp3) is 0.643. The Morgan fingerprint density at radius 3 is 2.82 bits per heavy atom. The van der Waals surface area contributed by atoms with E-state index < -0.39 is 11.6 Å². The normalized spacial score (nSPS) is 33.9. The van der Waals surface area contributed by atoms with Crippen LogP contribution in [-0.4, -0.2) is 16.7 Å². The highest BCUT2D eigenvalue weighted by Gasteiger charge is 2.53. The molecule has 1 aliphatic heterocycles. The Morgan fingerprint density at radius 2 is 2.24 bits per heavy atom. The van der Waals surface area contributed by atoms with Crippen molar-refractivity contribution in [3.05, 3.63) is 23.5 Å². The van der Waals surface area contributed by atoms with Crippen LogP contribution in [0.1, 0.15) is 46.5 Å². The summed E-state index contributed by atoms with van der Waals surface area (Å²) in [4.78, 5) is 11.8. The molecule has 17 heavy (non-hydrogen) atoms. The zero-order chi connectivity index (χ0) is 12.7. The van der Waals surface area contributed by atoms with Crippen molar-refractivity contribution in [2.45, 2.75) is 52.1 Å². The number of fused-ring (bicyclic) bond motifs is 1. The Bertz CT molecular complexity index is 404. The van der Waals surface area contributed by atoms with Gasteiger partial charge in [-0.2, -0.15) is 0 Å². The van der Waals surface area contributed by atoms with Crippen molar-refractivity contribution in [1.82, 2.24) is 0 Å². The lowest BCUT2D eigenvalue weighted by Gasteiger charge is -2.52. The van der Waals surface area contributed by atoms with Gasteiger partial charge in [-0.1, -0.05) is 20.8 Å². The highest BCUT2D eigenvalue weighted by Crippen LogP contribution is 2.53. The van der Waals surface area contributed by atoms with Crippen LogP contribution < -0.4 is 0 Å². The molecule has 0 aromatic heterocycles. The van der Waals surface area contributed by atoms with Crippen LogP contribution in [0.25, 0.3) is 0 Å². The summed E-state index contributed by atoms with van der Waals surface area (Å²) >= 11 is 0. The molecule has 1 N–H and O–H groups in total. The molecule has 3 nitrogen and oxygen atoms in total. The number of rotatable bonds is 1. The summed E-state index contributed by atoms with van der Waals surface area (Å²) in [6.07, 6.45) is 6.56. The van der Waals surface area contributed by atoms with Crippen molar-refractivity contribution in [2.24, 2.45) is 5.41 Å². The highest BCUT2D eigenvalue weighted by molar-refractivity contribution is 5.93. The van der Waals surface area contributed by atoms with E-state index in [0.717, 1.165) is 37.5 Å². The van der Waals surface area contributed by atoms with Gasteiger partial charge < -0.3 is 9.84 Å². The number of carbonyl (C=O) groups is 1. The van der Waals surface area contributed by atoms with Crippen LogP contribution in [0.5, 0.6) is 0 Å². The molecule has 1 fully saturated rings. The number of aliphatic hydroxyl groups is 1. The maximum absolute atomic E-state index is 11.8. The first-order valence-corrected chi connectivity index (χ1v) is 6.25. The minimum Gasteiger partial charge on any atom is -0.515 e. The molecule has 0 spiro atoms. The van der Waals surface area contributed by atoms with Crippen LogP contribution in [0.15, 0.2) is 23.5 Å². The summed E-state index contributed by atoms with van der Waals surface area (Å²) < 4.78 is 5.71. The minimum absolute atomic E-state index is 0.0392. The van der Waals surface area contributed by atoms with Crippen LogP contribution in [-0.2, 0) is 9.53 Å². The second kappa shape index (κ2) is 3.90. The maximum Gasteiger partial charge on any atom is 0.342 e. The number of carbonyl (C=O) groups excluding carboxylic acids is 1. The number of ether oxygens (including phenoxy) is 1. The summed E-state index contributed by atoms with van der Waals surface area (Å²) in [6, 6.07) is 0. The molecule has 0 aromatic rings. The van der Waals surface area contributed by atoms with E-state index in [1.54, 1.807) is 0 Å². The summed E-state index contributed by atoms with van der Waals surface area (Å²) in [7, 11) is 0. The van der Waals surface area contributed by atoms with Gasteiger partial charge in [-0.3, -0.25) is 0 Å². The van der Waals surface area contributed by atoms with Gasteiger partial charge in [0.05, 0.1) is 11.8 Å². The van der Waals surface area contributed by atoms with Gasteiger partial charge in [-0.05, 0) is 37.3 Å². The third kappa shape index (κ3) is 1.60. The van der Waals surface area contributed by atoms with Gasteiger partial charge in [0.1, 0.15) is 5.60 Å². The molecule has 1 unspecified atom stereocenters. The van der Waals surface area contributed by atoms with E-state index in [0.29, 0.717) is 0 Å². The lowest BCUT2D eigenvalue weighted by atomic mass is 9.60. The summed E-state index contributed by atoms with van der Waals surface area (Å²) in [5.41, 5.74) is 0.898. The molecular weight excluding hydrogens is 216 g/mol. The van der Waals surface area contributed by atoms with Gasteiger partial charge in [0.15, 0.2) is 0 Å². The molecule has 0 aromatic carbocycles. The topological polar surface area (TPSA) is 46.5 Å². The predicted octanol–water partition coefficient (Wildman–Crippen LogP) is 3.27. The quantitative estimate of drug-likeness (QED) is 0.432. The van der Waals surface area contributed by atoms with E-state index >= 15 is 0 Å². The largest absolute Gasteiger partial charge is 0.515 e. The first-order chi connectivity index (χ1) is 7.97. The molecule has 3 heteroatoms. The molecule has 1 aliphatic carbocycles. The highest BCUT2D eigenvalue weighted by atomic mass is 16.6. The van der Waals surface area contributed by atoms with Crippen LogP contribution in [0.2, 0.25) is 0 Å². The van der Waals surface area contributed by atoms with Crippen LogP contribution in [0.4, 0.5) is 0 Å². The van der Waals surface area contributed by atoms with E-state index in [9.17, 15) is 4.79 Å². The lowest BCUT2D eigenvalue weighted by molar-refractivity contribution is -0.169. The Hall–Kier alpha value is -1.25. The molecule has 94 valence electrons. The number of esters is 1. The smallest absolute Gasteiger partial charge is 0.342 e. The zero-order valence-corrected chi connectivity index (χ0v) is 10.7. The van der Waals surface area contributed by atoms with Gasteiger partial charge in [0.25, 0.3) is 0 Å². The van der Waals surface area contributed by atoms with Crippen molar-refractivity contribution in [1.29, 1.82) is 0 Å². The first kappa shape index (κ1) is 12.2. The standard InChI is InChI=1S/C14H20O3/c1-4-14-11(6-5-7-13(14,2)3)8-10(9-15)12(16)17-14/h8-9,15H,4-7H2,1-3H3/b10-9+. The van der Waals surface area contributed by atoms with Crippen LogP contribution in [0, 0.1) is 5.41 Å². The Labute approximate surface area is 102 Å². The van der Waals surface area contributed by atoms with Crippen LogP contribution >= 0.6 is 0 Å². The fourth-order valence-corrected chi connectivity index (χ4v) is 3.28. The summed E-state index contributed by atoms with van der Waals surface area (Å²) in [5.74, 6) is -0.409. The van der Waals surface area contributed by atoms with Gasteiger partial charge in [-0.25, -0.2) is 4.79 Å². The van der Waals surface area contributed by atoms with Crippen LogP contribution in [0.3, 0.4) is 0 Å². The van der Waals surface area contributed by atoms with Crippen molar-refractivity contribution < 1.29 is 14.6 Å². The zero-order valence-electron chi connectivity index (χ0n) is 10.7. The van der Waals surface area contributed by atoms with E-state index in [2.05, 4.69) is 20.8 Å². The van der Waals surface area contributed by atoms with Gasteiger partial charge >= 0.3 is 5.97 Å². The molecular formula is C14H20O3. The fourth-order valence-electron chi connectivity index (χ4n) is 3.28. The molecule has 1 saturated carbocycles. The second-order valence-corrected chi connectivity index (χ2v) is 5.56. The Morgan fingerprint density at radius 1 is 1.53 bits per heavy atom. The molecule has 0 bridgehead atoms. The lowest BCUT2D eigenvalue weighted by Crippen LogP contribution is -2.53. The SMILES string of the molecule is CCC12OC(=O)/C(=C/O)C=C1CCCC2(C)C. The van der Waals surface area contributed by atoms with E-state index in [1.807, 2.05) is 6.08 Å². The van der Waals surface area contributed by atoms with E-state index in [4.69, 9.17) is 9.84 Å². The Balaban J connectivity index is 2.54. The van der Waals surface area contributed by atoms with Crippen molar-refractivity contribution >= 4 is 5.97 Å². The average molecular weight is 236 g/mol. The average Bonchev–Trinajstić information content (AvgIpc) is 2.29. The van der Waals surface area contributed by atoms with Crippen molar-refractivity contribution in [3.63, 3.8) is 0 Å². The molecule has 0 radical (unpaired) electrons. The Kier molecular flexibility index (Phi) is 2.80. The molecule has 1 atom stereocenters. The third-order valence-corrected chi connectivity index (χ3v) is 4.33. The first-order valence-electron chi connectivity index (χ1n) is 6.25. The number of hydrogen-bond acceptors (Lipinski definition) is 3. The molecule has 0 saturated heterocycles. The van der Waals surface area contributed by atoms with Gasteiger partial charge in [-0.15, -0.1) is 0 Å². The maximum atomic E-state index is 11.8. The monoisotopic (exact) mass is 236 g/mol. The molecule has 2 rings (SSSR count). The number of aliphatic hydroxyl groups excluding tert-OH is 1. The van der Waals surface area contributed by atoms with Gasteiger partial charge in [0.2, 0.25) is 0 Å². The summed E-state index contributed by atoms with van der Waals surface area (Å²) in [5, 5.41) is 9.03. The van der Waals surface area contributed by atoms with Crippen molar-refractivity contribution in [3.8, 4) is 0 Å². The number of hydrogen-bond donors (Lipinski definition) is 1. The molecule has 2 aliphatic rings. The van der Waals surface area contributed by atoms with E-state index in [1.165, 1.54) is 0 Å². The second-order valence-electron chi connectivity index (χ2n) is 5.56. The minimum atomic E-state index is -0.477. The third-order valence-electron chi connectivity index (χ3n) is 4.33. The summed E-state index contributed by atoms with van der Waals surface area (Å²) in [6.45, 7) is 6.37. The van der Waals surface area contributed by atoms with Gasteiger partial charge in [0, 0.05) is 5.41 Å². The molecule has 0 amide bonds.